The lowest BCUT2D eigenvalue weighted by molar-refractivity contribution is -0.385. The number of nitrogens with zero attached hydrogens (tertiary/aromatic N) is 2. The van der Waals surface area contributed by atoms with E-state index in [2.05, 4.69) is 0 Å². The maximum absolute atomic E-state index is 12.2. The Labute approximate surface area is 131 Å². The number of hydrogen-bond acceptors (Lipinski definition) is 4. The number of benzene rings is 1. The number of para-hydroxylation sites is 1. The van der Waals surface area contributed by atoms with Crippen LogP contribution in [0.15, 0.2) is 24.3 Å². The van der Waals surface area contributed by atoms with Crippen LogP contribution in [0.3, 0.4) is 0 Å². The highest BCUT2D eigenvalue weighted by molar-refractivity contribution is 5.67. The van der Waals surface area contributed by atoms with Crippen molar-refractivity contribution in [1.29, 1.82) is 0 Å². The fourth-order valence-electron chi connectivity index (χ4n) is 2.15. The summed E-state index contributed by atoms with van der Waals surface area (Å²) in [5.41, 5.74) is 0.365. The summed E-state index contributed by atoms with van der Waals surface area (Å²) in [6.45, 7) is 9.24. The zero-order valence-electron chi connectivity index (χ0n) is 13.6. The Morgan fingerprint density at radius 2 is 1.73 bits per heavy atom. The number of rotatable bonds is 7. The zero-order valence-corrected chi connectivity index (χ0v) is 13.6. The normalized spacial score (nSPS) is 10.8. The Bertz CT molecular complexity index is 505. The molecule has 0 radical (unpaired) electrons. The molecule has 1 amide bonds. The van der Waals surface area contributed by atoms with Crippen molar-refractivity contribution in [3.8, 4) is 0 Å². The number of nitro groups is 1. The lowest BCUT2D eigenvalue weighted by Crippen LogP contribution is -2.37. The molecule has 0 saturated heterocycles. The first kappa shape index (κ1) is 17.9. The summed E-state index contributed by atoms with van der Waals surface area (Å²) in [6.07, 6.45) is -0.430. The molecule has 0 spiro atoms. The largest absolute Gasteiger partial charge is 0.444 e. The van der Waals surface area contributed by atoms with Gasteiger partial charge in [-0.3, -0.25) is 10.1 Å². The van der Waals surface area contributed by atoms with Gasteiger partial charge in [-0.05, 0) is 17.9 Å². The van der Waals surface area contributed by atoms with Crippen LogP contribution in [0.4, 0.5) is 10.5 Å². The number of amides is 1. The van der Waals surface area contributed by atoms with Gasteiger partial charge in [0.15, 0.2) is 0 Å². The van der Waals surface area contributed by atoms with Gasteiger partial charge in [0.2, 0.25) is 0 Å². The van der Waals surface area contributed by atoms with Crippen molar-refractivity contribution in [2.24, 2.45) is 11.8 Å². The third kappa shape index (κ3) is 5.71. The zero-order chi connectivity index (χ0) is 16.7. The second-order valence-corrected chi connectivity index (χ2v) is 6.13. The molecule has 0 aliphatic rings. The SMILES string of the molecule is CC(C)CN(CC(C)C)C(=O)OCc1ccccc1[N+](=O)[O-]. The van der Waals surface area contributed by atoms with Gasteiger partial charge in [-0.25, -0.2) is 4.79 Å². The fraction of sp³-hybridized carbons (Fsp3) is 0.562. The van der Waals surface area contributed by atoms with Crippen LogP contribution in [0.2, 0.25) is 0 Å². The molecule has 122 valence electrons. The second kappa shape index (κ2) is 8.36. The molecular weight excluding hydrogens is 284 g/mol. The van der Waals surface area contributed by atoms with Gasteiger partial charge in [-0.1, -0.05) is 39.8 Å². The maximum Gasteiger partial charge on any atom is 0.410 e. The molecule has 0 N–H and O–H groups in total. The van der Waals surface area contributed by atoms with Gasteiger partial charge in [0.05, 0.1) is 10.5 Å². The van der Waals surface area contributed by atoms with Crippen LogP contribution in [-0.4, -0.2) is 29.0 Å². The van der Waals surface area contributed by atoms with E-state index in [1.165, 1.54) is 6.07 Å². The van der Waals surface area contributed by atoms with Crippen molar-refractivity contribution < 1.29 is 14.5 Å². The highest BCUT2D eigenvalue weighted by Crippen LogP contribution is 2.19. The van der Waals surface area contributed by atoms with Crippen molar-refractivity contribution >= 4 is 11.8 Å². The fourth-order valence-corrected chi connectivity index (χ4v) is 2.15. The van der Waals surface area contributed by atoms with Gasteiger partial charge in [0, 0.05) is 19.2 Å². The average Bonchev–Trinajstić information content (AvgIpc) is 2.43. The topological polar surface area (TPSA) is 72.7 Å². The Balaban J connectivity index is 2.72. The highest BCUT2D eigenvalue weighted by Gasteiger charge is 2.19. The third-order valence-electron chi connectivity index (χ3n) is 2.97. The number of hydrogen-bond donors (Lipinski definition) is 0. The summed E-state index contributed by atoms with van der Waals surface area (Å²) < 4.78 is 5.27. The predicted molar refractivity (Wildman–Crippen MR) is 84.5 cm³/mol. The molecule has 1 aromatic carbocycles. The Kier molecular flexibility index (Phi) is 6.82. The van der Waals surface area contributed by atoms with E-state index < -0.39 is 11.0 Å². The molecule has 1 aromatic rings. The molecule has 0 fully saturated rings. The summed E-state index contributed by atoms with van der Waals surface area (Å²) >= 11 is 0. The number of carbonyl (C=O) groups is 1. The molecule has 0 atom stereocenters. The monoisotopic (exact) mass is 308 g/mol. The first-order chi connectivity index (χ1) is 10.3. The van der Waals surface area contributed by atoms with Crippen LogP contribution >= 0.6 is 0 Å². The van der Waals surface area contributed by atoms with Gasteiger partial charge in [0.1, 0.15) is 6.61 Å². The summed E-state index contributed by atoms with van der Waals surface area (Å²) in [6, 6.07) is 6.28. The molecule has 1 rings (SSSR count). The van der Waals surface area contributed by atoms with Crippen LogP contribution in [0.5, 0.6) is 0 Å². The van der Waals surface area contributed by atoms with E-state index >= 15 is 0 Å². The van der Waals surface area contributed by atoms with Crippen LogP contribution in [-0.2, 0) is 11.3 Å². The van der Waals surface area contributed by atoms with Crippen LogP contribution in [0, 0.1) is 22.0 Å². The van der Waals surface area contributed by atoms with Crippen molar-refractivity contribution in [3.63, 3.8) is 0 Å². The molecule has 0 bridgehead atoms. The third-order valence-corrected chi connectivity index (χ3v) is 2.97. The molecular formula is C16H24N2O4. The van der Waals surface area contributed by atoms with Crippen LogP contribution in [0.25, 0.3) is 0 Å². The first-order valence-corrected chi connectivity index (χ1v) is 7.45. The highest BCUT2D eigenvalue weighted by atomic mass is 16.6. The average molecular weight is 308 g/mol. The Morgan fingerprint density at radius 3 is 2.23 bits per heavy atom. The minimum Gasteiger partial charge on any atom is -0.444 e. The van der Waals surface area contributed by atoms with E-state index in [1.807, 2.05) is 27.7 Å². The summed E-state index contributed by atoms with van der Waals surface area (Å²) in [5.74, 6) is 0.662. The van der Waals surface area contributed by atoms with E-state index in [1.54, 1.807) is 23.1 Å². The van der Waals surface area contributed by atoms with E-state index in [0.717, 1.165) is 0 Å². The van der Waals surface area contributed by atoms with Crippen LogP contribution < -0.4 is 0 Å². The minimum atomic E-state index is -0.469. The lowest BCUT2D eigenvalue weighted by atomic mass is 10.1. The minimum absolute atomic E-state index is 0.0328. The van der Waals surface area contributed by atoms with E-state index in [-0.39, 0.29) is 12.3 Å². The second-order valence-electron chi connectivity index (χ2n) is 6.13. The molecule has 0 aliphatic heterocycles. The first-order valence-electron chi connectivity index (χ1n) is 7.45. The van der Waals surface area contributed by atoms with Gasteiger partial charge >= 0.3 is 6.09 Å². The molecule has 22 heavy (non-hydrogen) atoms. The lowest BCUT2D eigenvalue weighted by Gasteiger charge is -2.25. The van der Waals surface area contributed by atoms with Crippen molar-refractivity contribution in [1.82, 2.24) is 4.90 Å². The van der Waals surface area contributed by atoms with E-state index in [0.29, 0.717) is 30.5 Å². The van der Waals surface area contributed by atoms with Gasteiger partial charge < -0.3 is 9.64 Å². The Morgan fingerprint density at radius 1 is 1.18 bits per heavy atom. The van der Waals surface area contributed by atoms with Crippen molar-refractivity contribution in [2.45, 2.75) is 34.3 Å². The number of ether oxygens (including phenoxy) is 1. The molecule has 0 aromatic heterocycles. The summed E-state index contributed by atoms with van der Waals surface area (Å²) in [5, 5.41) is 10.9. The smallest absolute Gasteiger partial charge is 0.410 e. The van der Waals surface area contributed by atoms with Gasteiger partial charge in [-0.2, -0.15) is 0 Å². The summed E-state index contributed by atoms with van der Waals surface area (Å²) in [7, 11) is 0. The van der Waals surface area contributed by atoms with Crippen molar-refractivity contribution in [3.05, 3.63) is 39.9 Å². The van der Waals surface area contributed by atoms with Gasteiger partial charge in [0.25, 0.3) is 5.69 Å². The van der Waals surface area contributed by atoms with Crippen molar-refractivity contribution in [2.75, 3.05) is 13.1 Å². The predicted octanol–water partition coefficient (Wildman–Crippen LogP) is 3.85. The number of nitro benzene ring substituents is 1. The molecule has 6 nitrogen and oxygen atoms in total. The number of carbonyl (C=O) groups excluding carboxylic acids is 1. The standard InChI is InChI=1S/C16H24N2O4/c1-12(2)9-17(10-13(3)4)16(19)22-11-14-7-5-6-8-15(14)18(20)21/h5-8,12-13H,9-11H2,1-4H3. The van der Waals surface area contributed by atoms with E-state index in [9.17, 15) is 14.9 Å². The van der Waals surface area contributed by atoms with Gasteiger partial charge in [-0.15, -0.1) is 0 Å². The molecule has 0 unspecified atom stereocenters. The maximum atomic E-state index is 12.2. The molecule has 0 saturated carbocycles. The molecule has 0 aliphatic carbocycles. The Hall–Kier alpha value is -2.11. The molecule has 0 heterocycles. The van der Waals surface area contributed by atoms with Crippen LogP contribution in [0.1, 0.15) is 33.3 Å². The summed E-state index contributed by atoms with van der Waals surface area (Å²) in [4.78, 5) is 24.3. The molecule has 6 heteroatoms. The quantitative estimate of drug-likeness (QED) is 0.566. The van der Waals surface area contributed by atoms with E-state index in [4.69, 9.17) is 4.74 Å².